The van der Waals surface area contributed by atoms with Crippen molar-refractivity contribution in [1.82, 2.24) is 14.7 Å². The number of hydrogen-bond donors (Lipinski definition) is 1. The number of ether oxygens (including phenoxy) is 4. The van der Waals surface area contributed by atoms with Crippen LogP contribution in [0.3, 0.4) is 0 Å². The number of hydrogen-bond acceptors (Lipinski definition) is 10. The largest absolute Gasteiger partial charge is 0.463 e. The van der Waals surface area contributed by atoms with Gasteiger partial charge in [-0.15, -0.1) is 0 Å². The van der Waals surface area contributed by atoms with Crippen molar-refractivity contribution in [2.45, 2.75) is 148 Å². The minimum atomic E-state index is -1.40. The molecule has 4 fully saturated rings. The van der Waals surface area contributed by atoms with Crippen LogP contribution in [0.2, 0.25) is 0 Å². The highest BCUT2D eigenvalue weighted by Crippen LogP contribution is 2.43. The maximum Gasteiger partial charge on any atom is 0.319 e. The first-order valence-electron chi connectivity index (χ1n) is 18.3. The Kier molecular flexibility index (Phi) is 12.7. The molecule has 0 spiro atoms. The fraction of sp³-hybridized carbons (Fsp3) is 0.946. The zero-order valence-corrected chi connectivity index (χ0v) is 31.5. The van der Waals surface area contributed by atoms with Crippen LogP contribution in [0, 0.1) is 29.1 Å². The number of aliphatic hydroxyl groups is 1. The van der Waals surface area contributed by atoms with E-state index in [0.717, 1.165) is 25.9 Å². The van der Waals surface area contributed by atoms with E-state index >= 15 is 0 Å². The first kappa shape index (κ1) is 38.7. The SMILES string of the molecule is CO[C@]1(C)C[C@@H](C)CN(C)[C@H](C2C[C@H]3CC[C@@H](C2)N3CC(C)C)COC(=O)C(C)(C)C(=O)[C@H](C)[C@H]1O[C@@H]1O[C@H](C)C[C@H](N(C)C)[C@H]1O. The number of Topliss-reactive ketones (excluding diaryl/α,β-unsaturated/α-hetero) is 1. The summed E-state index contributed by atoms with van der Waals surface area (Å²) in [5.74, 6) is -0.293. The third kappa shape index (κ3) is 8.43. The molecule has 0 amide bonds. The molecule has 0 saturated carbocycles. The van der Waals surface area contributed by atoms with E-state index in [4.69, 9.17) is 18.9 Å². The summed E-state index contributed by atoms with van der Waals surface area (Å²) in [6, 6.07) is 1.05. The third-order valence-corrected chi connectivity index (χ3v) is 12.0. The maximum atomic E-state index is 14.3. The maximum absolute atomic E-state index is 14.3. The Morgan fingerprint density at radius 2 is 1.66 bits per heavy atom. The number of carbonyl (C=O) groups is 2. The van der Waals surface area contributed by atoms with E-state index in [1.165, 1.54) is 12.8 Å². The molecule has 4 rings (SSSR count). The van der Waals surface area contributed by atoms with E-state index in [2.05, 4.69) is 37.6 Å². The van der Waals surface area contributed by atoms with Crippen molar-refractivity contribution in [3.8, 4) is 0 Å². The number of cyclic esters (lactones) is 1. The molecule has 0 aliphatic carbocycles. The van der Waals surface area contributed by atoms with Crippen molar-refractivity contribution in [1.29, 1.82) is 0 Å². The topological polar surface area (TPSA) is 101 Å². The van der Waals surface area contributed by atoms with E-state index < -0.39 is 41.4 Å². The number of piperidine rings is 1. The Hall–Kier alpha value is -1.14. The molecule has 4 saturated heterocycles. The Morgan fingerprint density at radius 1 is 1.04 bits per heavy atom. The van der Waals surface area contributed by atoms with Gasteiger partial charge in [0.15, 0.2) is 12.1 Å². The van der Waals surface area contributed by atoms with Gasteiger partial charge in [-0.05, 0) is 105 Å². The Bertz CT molecular complexity index is 1060. The molecule has 2 bridgehead atoms. The molecule has 4 aliphatic heterocycles. The van der Waals surface area contributed by atoms with Gasteiger partial charge in [0.1, 0.15) is 18.1 Å². The van der Waals surface area contributed by atoms with E-state index in [1.807, 2.05) is 32.8 Å². The van der Waals surface area contributed by atoms with Crippen LogP contribution in [-0.4, -0.2) is 134 Å². The van der Waals surface area contributed by atoms with Gasteiger partial charge in [-0.1, -0.05) is 27.7 Å². The lowest BCUT2D eigenvalue weighted by Gasteiger charge is -2.47. The summed E-state index contributed by atoms with van der Waals surface area (Å²) >= 11 is 0. The second-order valence-corrected chi connectivity index (χ2v) is 17.0. The number of nitrogens with zero attached hydrogens (tertiary/aromatic N) is 3. The summed E-state index contributed by atoms with van der Waals surface area (Å²) in [5, 5.41) is 11.4. The fourth-order valence-electron chi connectivity index (χ4n) is 9.41. The average molecular weight is 666 g/mol. The third-order valence-electron chi connectivity index (χ3n) is 12.0. The number of methoxy groups -OCH3 is 1. The van der Waals surface area contributed by atoms with E-state index in [-0.39, 0.29) is 36.5 Å². The lowest BCUT2D eigenvalue weighted by Crippen LogP contribution is -2.59. The minimum Gasteiger partial charge on any atom is -0.463 e. The van der Waals surface area contributed by atoms with Crippen molar-refractivity contribution < 1.29 is 33.6 Å². The van der Waals surface area contributed by atoms with E-state index in [0.29, 0.717) is 36.8 Å². The molecule has 10 nitrogen and oxygen atoms in total. The van der Waals surface area contributed by atoms with Crippen molar-refractivity contribution in [2.75, 3.05) is 47.9 Å². The van der Waals surface area contributed by atoms with Crippen LogP contribution in [0.4, 0.5) is 0 Å². The second-order valence-electron chi connectivity index (χ2n) is 17.0. The van der Waals surface area contributed by atoms with Gasteiger partial charge >= 0.3 is 5.97 Å². The second kappa shape index (κ2) is 15.4. The molecule has 0 aromatic heterocycles. The fourth-order valence-corrected chi connectivity index (χ4v) is 9.41. The molecule has 0 aromatic carbocycles. The van der Waals surface area contributed by atoms with Crippen molar-refractivity contribution in [3.05, 3.63) is 0 Å². The zero-order chi connectivity index (χ0) is 35.0. The van der Waals surface area contributed by atoms with E-state index in [9.17, 15) is 14.7 Å². The zero-order valence-electron chi connectivity index (χ0n) is 31.5. The van der Waals surface area contributed by atoms with Crippen molar-refractivity contribution in [2.24, 2.45) is 29.1 Å². The van der Waals surface area contributed by atoms with Crippen LogP contribution in [0.25, 0.3) is 0 Å². The van der Waals surface area contributed by atoms with E-state index in [1.54, 1.807) is 27.9 Å². The Morgan fingerprint density at radius 3 is 2.21 bits per heavy atom. The molecule has 12 atom stereocenters. The highest BCUT2D eigenvalue weighted by molar-refractivity contribution is 6.04. The quantitative estimate of drug-likeness (QED) is 0.314. The van der Waals surface area contributed by atoms with Gasteiger partial charge in [0.2, 0.25) is 0 Å². The molecule has 0 radical (unpaired) electrons. The molecule has 1 N–H and O–H groups in total. The monoisotopic (exact) mass is 665 g/mol. The highest BCUT2D eigenvalue weighted by atomic mass is 16.7. The molecule has 10 heteroatoms. The molecular weight excluding hydrogens is 598 g/mol. The number of aliphatic hydroxyl groups excluding tert-OH is 1. The first-order valence-corrected chi connectivity index (χ1v) is 18.3. The van der Waals surface area contributed by atoms with Gasteiger partial charge in [0.05, 0.1) is 17.8 Å². The lowest BCUT2D eigenvalue weighted by molar-refractivity contribution is -0.295. The van der Waals surface area contributed by atoms with Gasteiger partial charge in [0.25, 0.3) is 0 Å². The predicted octanol–water partition coefficient (Wildman–Crippen LogP) is 4.22. The average Bonchev–Trinajstić information content (AvgIpc) is 3.20. The van der Waals surface area contributed by atoms with Crippen LogP contribution in [0.15, 0.2) is 0 Å². The smallest absolute Gasteiger partial charge is 0.319 e. The molecule has 272 valence electrons. The van der Waals surface area contributed by atoms with Gasteiger partial charge < -0.3 is 29.0 Å². The highest BCUT2D eigenvalue weighted by Gasteiger charge is 2.52. The molecule has 1 unspecified atom stereocenters. The van der Waals surface area contributed by atoms with Gasteiger partial charge in [-0.3, -0.25) is 19.4 Å². The summed E-state index contributed by atoms with van der Waals surface area (Å²) in [6.07, 6.45) is 3.16. The number of rotatable bonds is 7. The number of esters is 1. The van der Waals surface area contributed by atoms with Crippen LogP contribution >= 0.6 is 0 Å². The Balaban J connectivity index is 1.64. The molecule has 4 aliphatic rings. The number of fused-ring (bicyclic) bond motifs is 2. The predicted molar refractivity (Wildman–Crippen MR) is 183 cm³/mol. The van der Waals surface area contributed by atoms with Crippen LogP contribution in [-0.2, 0) is 28.5 Å². The number of likely N-dealkylation sites (N-methyl/N-ethyl adjacent to an activating group) is 2. The summed E-state index contributed by atoms with van der Waals surface area (Å²) in [5.41, 5.74) is -2.30. The molecule has 47 heavy (non-hydrogen) atoms. The standard InChI is InChI=1S/C37H67N3O7/c1-22(2)19-40-27-13-14-28(40)17-26(16-27)30-21-45-35(43)36(6,7)32(42)25(5)33(37(8,44-12)18-23(3)20-39(30)11)47-34-31(41)29(38(9)10)15-24(4)46-34/h22-31,33-34,41H,13-21H2,1-12H3/t23-,24-,25+,26?,27-,28+,29+,30+,31-,33-,34+,37-/m1/s1. The van der Waals surface area contributed by atoms with Gasteiger partial charge in [0, 0.05) is 50.3 Å². The Labute approximate surface area is 285 Å². The lowest BCUT2D eigenvalue weighted by atomic mass is 9.74. The van der Waals surface area contributed by atoms with Crippen LogP contribution < -0.4 is 0 Å². The normalized spacial score (nSPS) is 43.0. The van der Waals surface area contributed by atoms with Crippen LogP contribution in [0.5, 0.6) is 0 Å². The van der Waals surface area contributed by atoms with Crippen molar-refractivity contribution >= 4 is 11.8 Å². The minimum absolute atomic E-state index is 0.0610. The molecule has 4 heterocycles. The summed E-state index contributed by atoms with van der Waals surface area (Å²) in [7, 11) is 7.69. The number of carbonyl (C=O) groups excluding carboxylic acids is 2. The molecular formula is C37H67N3O7. The molecule has 0 aromatic rings. The first-order chi connectivity index (χ1) is 21.9. The number of ketones is 1. The van der Waals surface area contributed by atoms with Gasteiger partial charge in [-0.25, -0.2) is 0 Å². The van der Waals surface area contributed by atoms with Crippen molar-refractivity contribution in [3.63, 3.8) is 0 Å². The van der Waals surface area contributed by atoms with Crippen LogP contribution in [0.1, 0.15) is 93.9 Å². The summed E-state index contributed by atoms with van der Waals surface area (Å²) in [4.78, 5) is 35.3. The summed E-state index contributed by atoms with van der Waals surface area (Å²) < 4.78 is 25.3. The summed E-state index contributed by atoms with van der Waals surface area (Å²) in [6.45, 7) is 18.1. The van der Waals surface area contributed by atoms with Gasteiger partial charge in [-0.2, -0.15) is 0 Å².